The molecule has 0 saturated carbocycles. The number of nitriles is 1. The third kappa shape index (κ3) is 3.51. The van der Waals surface area contributed by atoms with Gasteiger partial charge >= 0.3 is 0 Å². The van der Waals surface area contributed by atoms with Gasteiger partial charge in [-0.25, -0.2) is 0 Å². The molecule has 6 heteroatoms. The molecule has 0 N–H and O–H groups in total. The van der Waals surface area contributed by atoms with Gasteiger partial charge in [-0.3, -0.25) is 4.90 Å². The van der Waals surface area contributed by atoms with Crippen LogP contribution >= 0.6 is 0 Å². The van der Waals surface area contributed by atoms with E-state index in [9.17, 15) is 5.26 Å². The number of rotatable bonds is 5. The summed E-state index contributed by atoms with van der Waals surface area (Å²) in [5.74, 6) is 3.29. The smallest absolute Gasteiger partial charge is 0.244 e. The van der Waals surface area contributed by atoms with Crippen molar-refractivity contribution in [3.8, 4) is 17.4 Å². The summed E-state index contributed by atoms with van der Waals surface area (Å²) in [5.41, 5.74) is 1.44. The van der Waals surface area contributed by atoms with Crippen molar-refractivity contribution in [3.63, 3.8) is 0 Å². The Kier molecular flexibility index (Phi) is 4.78. The average Bonchev–Trinajstić information content (AvgIpc) is 3.42. The first-order valence-electron chi connectivity index (χ1n) is 9.31. The van der Waals surface area contributed by atoms with Crippen LogP contribution < -0.4 is 0 Å². The summed E-state index contributed by atoms with van der Waals surface area (Å²) in [4.78, 5) is 6.89. The molecule has 0 unspecified atom stereocenters. The van der Waals surface area contributed by atoms with E-state index in [1.54, 1.807) is 6.07 Å². The van der Waals surface area contributed by atoms with E-state index in [1.165, 1.54) is 0 Å². The maximum absolute atomic E-state index is 9.29. The minimum Gasteiger partial charge on any atom is -0.460 e. The highest BCUT2D eigenvalue weighted by atomic mass is 16.5. The van der Waals surface area contributed by atoms with Crippen molar-refractivity contribution in [2.75, 3.05) is 6.54 Å². The normalized spacial score (nSPS) is 17.5. The monoisotopic (exact) mass is 362 g/mol. The molecule has 0 aliphatic carbocycles. The standard InChI is InChI=1S/C21H22N4O2/c1-14(2)20-23-21(27-24-20)18-8-5-11-25(18)13-16-9-10-19(26-16)17-7-4-3-6-15(17)12-22/h3-4,6-7,9-10,14,18H,5,8,11,13H2,1-2H3/t18-/m0/s1. The van der Waals surface area contributed by atoms with E-state index in [-0.39, 0.29) is 12.0 Å². The third-order valence-corrected chi connectivity index (χ3v) is 4.96. The van der Waals surface area contributed by atoms with Crippen LogP contribution in [0.2, 0.25) is 0 Å². The van der Waals surface area contributed by atoms with Gasteiger partial charge in [0.2, 0.25) is 5.89 Å². The zero-order valence-electron chi connectivity index (χ0n) is 15.6. The lowest BCUT2D eigenvalue weighted by molar-refractivity contribution is 0.189. The van der Waals surface area contributed by atoms with Crippen LogP contribution in [-0.4, -0.2) is 21.6 Å². The molecule has 1 aliphatic heterocycles. The Hall–Kier alpha value is -2.91. The van der Waals surface area contributed by atoms with Crippen LogP contribution in [0.5, 0.6) is 0 Å². The summed E-state index contributed by atoms with van der Waals surface area (Å²) >= 11 is 0. The fraction of sp³-hybridized carbons (Fsp3) is 0.381. The second kappa shape index (κ2) is 7.37. The average molecular weight is 362 g/mol. The number of hydrogen-bond acceptors (Lipinski definition) is 6. The molecule has 138 valence electrons. The van der Waals surface area contributed by atoms with Crippen LogP contribution in [0, 0.1) is 11.3 Å². The van der Waals surface area contributed by atoms with Crippen molar-refractivity contribution >= 4 is 0 Å². The van der Waals surface area contributed by atoms with Crippen LogP contribution in [-0.2, 0) is 6.54 Å². The Morgan fingerprint density at radius 1 is 1.26 bits per heavy atom. The highest BCUT2D eigenvalue weighted by molar-refractivity contribution is 5.66. The Morgan fingerprint density at radius 3 is 2.89 bits per heavy atom. The summed E-state index contributed by atoms with van der Waals surface area (Å²) in [6.07, 6.45) is 2.10. The van der Waals surface area contributed by atoms with Gasteiger partial charge in [0.15, 0.2) is 5.82 Å². The lowest BCUT2D eigenvalue weighted by atomic mass is 10.1. The number of likely N-dealkylation sites (tertiary alicyclic amines) is 1. The molecule has 0 radical (unpaired) electrons. The van der Waals surface area contributed by atoms with Crippen molar-refractivity contribution in [3.05, 3.63) is 59.4 Å². The van der Waals surface area contributed by atoms with Gasteiger partial charge in [0.05, 0.1) is 24.2 Å². The van der Waals surface area contributed by atoms with Gasteiger partial charge in [0.25, 0.3) is 0 Å². The fourth-order valence-corrected chi connectivity index (χ4v) is 3.52. The molecule has 1 atom stereocenters. The Labute approximate surface area is 158 Å². The van der Waals surface area contributed by atoms with E-state index in [0.717, 1.165) is 42.3 Å². The van der Waals surface area contributed by atoms with E-state index in [1.807, 2.05) is 30.3 Å². The fourth-order valence-electron chi connectivity index (χ4n) is 3.52. The third-order valence-electron chi connectivity index (χ3n) is 4.96. The summed E-state index contributed by atoms with van der Waals surface area (Å²) in [5, 5.41) is 13.4. The molecule has 0 amide bonds. The first kappa shape index (κ1) is 17.5. The van der Waals surface area contributed by atoms with E-state index >= 15 is 0 Å². The second-order valence-electron chi connectivity index (χ2n) is 7.20. The molecule has 3 heterocycles. The van der Waals surface area contributed by atoms with Crippen LogP contribution in [0.4, 0.5) is 0 Å². The predicted octanol–water partition coefficient (Wildman–Crippen LogP) is 4.66. The zero-order valence-corrected chi connectivity index (χ0v) is 15.6. The lowest BCUT2D eigenvalue weighted by Gasteiger charge is -2.20. The summed E-state index contributed by atoms with van der Waals surface area (Å²) in [7, 11) is 0. The maximum atomic E-state index is 9.29. The zero-order chi connectivity index (χ0) is 18.8. The van der Waals surface area contributed by atoms with Crippen molar-refractivity contribution in [1.29, 1.82) is 5.26 Å². The molecule has 27 heavy (non-hydrogen) atoms. The molecule has 1 fully saturated rings. The highest BCUT2D eigenvalue weighted by Gasteiger charge is 2.31. The Bertz CT molecular complexity index is 966. The first-order valence-corrected chi connectivity index (χ1v) is 9.31. The van der Waals surface area contributed by atoms with Crippen LogP contribution in [0.15, 0.2) is 45.3 Å². The van der Waals surface area contributed by atoms with Gasteiger partial charge in [-0.05, 0) is 43.7 Å². The largest absolute Gasteiger partial charge is 0.460 e. The van der Waals surface area contributed by atoms with Gasteiger partial charge in [-0.15, -0.1) is 0 Å². The molecule has 1 aromatic carbocycles. The number of hydrogen-bond donors (Lipinski definition) is 0. The van der Waals surface area contributed by atoms with E-state index in [4.69, 9.17) is 8.94 Å². The minimum absolute atomic E-state index is 0.130. The molecular weight excluding hydrogens is 340 g/mol. The maximum Gasteiger partial charge on any atom is 0.244 e. The molecule has 6 nitrogen and oxygen atoms in total. The van der Waals surface area contributed by atoms with E-state index < -0.39 is 0 Å². The summed E-state index contributed by atoms with van der Waals surface area (Å²) in [6.45, 7) is 5.77. The molecule has 3 aromatic rings. The van der Waals surface area contributed by atoms with Crippen molar-refractivity contribution in [2.24, 2.45) is 0 Å². The van der Waals surface area contributed by atoms with Gasteiger partial charge in [0.1, 0.15) is 11.5 Å². The van der Waals surface area contributed by atoms with Crippen molar-refractivity contribution in [1.82, 2.24) is 15.0 Å². The van der Waals surface area contributed by atoms with Crippen molar-refractivity contribution in [2.45, 2.75) is 45.2 Å². The second-order valence-corrected chi connectivity index (χ2v) is 7.20. The Morgan fingerprint density at radius 2 is 2.11 bits per heavy atom. The van der Waals surface area contributed by atoms with Gasteiger partial charge in [0, 0.05) is 11.5 Å². The lowest BCUT2D eigenvalue weighted by Crippen LogP contribution is -2.22. The van der Waals surface area contributed by atoms with Gasteiger partial charge < -0.3 is 8.94 Å². The molecule has 0 spiro atoms. The van der Waals surface area contributed by atoms with Gasteiger partial charge in [-0.2, -0.15) is 10.2 Å². The van der Waals surface area contributed by atoms with Crippen LogP contribution in [0.25, 0.3) is 11.3 Å². The van der Waals surface area contributed by atoms with Crippen LogP contribution in [0.1, 0.15) is 61.7 Å². The predicted molar refractivity (Wildman–Crippen MR) is 99.6 cm³/mol. The molecule has 0 bridgehead atoms. The molecular formula is C21H22N4O2. The van der Waals surface area contributed by atoms with Crippen molar-refractivity contribution < 1.29 is 8.94 Å². The number of benzene rings is 1. The quantitative estimate of drug-likeness (QED) is 0.657. The minimum atomic E-state index is 0.130. The number of aromatic nitrogens is 2. The highest BCUT2D eigenvalue weighted by Crippen LogP contribution is 2.34. The molecule has 1 aliphatic rings. The molecule has 4 rings (SSSR count). The van der Waals surface area contributed by atoms with E-state index in [2.05, 4.69) is 35.0 Å². The van der Waals surface area contributed by atoms with Gasteiger partial charge in [-0.1, -0.05) is 31.1 Å². The SMILES string of the molecule is CC(C)c1noc([C@@H]2CCCN2Cc2ccc(-c3ccccc3C#N)o2)n1. The van der Waals surface area contributed by atoms with Crippen LogP contribution in [0.3, 0.4) is 0 Å². The number of nitrogens with zero attached hydrogens (tertiary/aromatic N) is 4. The van der Waals surface area contributed by atoms with E-state index in [0.29, 0.717) is 18.0 Å². The Balaban J connectivity index is 1.52. The molecule has 2 aromatic heterocycles. The topological polar surface area (TPSA) is 79.1 Å². The number of furan rings is 1. The summed E-state index contributed by atoms with van der Waals surface area (Å²) in [6, 6.07) is 13.7. The first-order chi connectivity index (χ1) is 13.2. The summed E-state index contributed by atoms with van der Waals surface area (Å²) < 4.78 is 11.6. The molecule has 1 saturated heterocycles.